The van der Waals surface area contributed by atoms with E-state index in [4.69, 9.17) is 0 Å². The fraction of sp³-hybridized carbons (Fsp3) is 0.292. The topological polar surface area (TPSA) is 4.93 Å². The van der Waals surface area contributed by atoms with Crippen LogP contribution in [0.5, 0.6) is 0 Å². The summed E-state index contributed by atoms with van der Waals surface area (Å²) in [7, 11) is 0. The molecule has 1 aliphatic carbocycles. The van der Waals surface area contributed by atoms with Crippen LogP contribution in [-0.2, 0) is 24.5 Å². The van der Waals surface area contributed by atoms with E-state index in [2.05, 4.69) is 101 Å². The van der Waals surface area contributed by atoms with Crippen molar-refractivity contribution in [3.63, 3.8) is 0 Å². The second-order valence-corrected chi connectivity index (χ2v) is 7.59. The average Bonchev–Trinajstić information content (AvgIpc) is 3.29. The Hall–Kier alpha value is -1.67. The molecule has 1 unspecified atom stereocenters. The molecule has 0 amide bonds. The van der Waals surface area contributed by atoms with Crippen LogP contribution < -0.4 is 0 Å². The monoisotopic (exact) mass is 457 g/mol. The number of hydrogen-bond donors (Lipinski definition) is 0. The third-order valence-electron chi connectivity index (χ3n) is 5.27. The third-order valence-corrected chi connectivity index (χ3v) is 5.27. The summed E-state index contributed by atoms with van der Waals surface area (Å²) in [5.74, 6) is 0.560. The molecule has 146 valence electrons. The summed E-state index contributed by atoms with van der Waals surface area (Å²) in [5, 5.41) is 2.62. The quantitative estimate of drug-likeness (QED) is 0.332. The Morgan fingerprint density at radius 1 is 1.04 bits per heavy atom. The first kappa shape index (κ1) is 22.6. The Kier molecular flexibility index (Phi) is 8.25. The molecule has 4 rings (SSSR count). The number of fused-ring (bicyclic) bond motifs is 1. The van der Waals surface area contributed by atoms with Crippen molar-refractivity contribution in [2.24, 2.45) is 5.92 Å². The Morgan fingerprint density at radius 3 is 2.11 bits per heavy atom. The molecule has 0 saturated heterocycles. The summed E-state index contributed by atoms with van der Waals surface area (Å²) >= 11 is -2.77. The van der Waals surface area contributed by atoms with Gasteiger partial charge in [-0.3, -0.25) is 6.08 Å². The van der Waals surface area contributed by atoms with E-state index < -0.39 is 24.5 Å². The van der Waals surface area contributed by atoms with Crippen LogP contribution in [0.2, 0.25) is 0 Å². The first-order valence-corrected chi connectivity index (χ1v) is 11.2. The van der Waals surface area contributed by atoms with Crippen molar-refractivity contribution >= 4 is 10.8 Å². The van der Waals surface area contributed by atoms with E-state index in [1.807, 2.05) is 0 Å². The summed E-state index contributed by atoms with van der Waals surface area (Å²) in [6.45, 7) is 12.9. The van der Waals surface area contributed by atoms with Crippen LogP contribution in [-0.4, -0.2) is 4.57 Å². The molecule has 3 aromatic rings. The van der Waals surface area contributed by atoms with Gasteiger partial charge in [0.25, 0.3) is 0 Å². The zero-order valence-electron chi connectivity index (χ0n) is 17.4. The molecule has 0 spiro atoms. The first-order chi connectivity index (χ1) is 13.3. The van der Waals surface area contributed by atoms with Gasteiger partial charge in [0, 0.05) is 11.9 Å². The van der Waals surface area contributed by atoms with E-state index in [1.165, 1.54) is 44.4 Å². The molecule has 4 heteroatoms. The molecule has 0 radical (unpaired) electrons. The Balaban J connectivity index is 0.000000199. The number of rotatable bonds is 1. The third kappa shape index (κ3) is 5.44. The van der Waals surface area contributed by atoms with Crippen molar-refractivity contribution in [2.75, 3.05) is 0 Å². The molecule has 1 atom stereocenters. The zero-order valence-corrected chi connectivity index (χ0v) is 19.9. The molecule has 28 heavy (non-hydrogen) atoms. The second-order valence-electron chi connectivity index (χ2n) is 7.24. The van der Waals surface area contributed by atoms with Crippen molar-refractivity contribution in [3.05, 3.63) is 82.7 Å². The van der Waals surface area contributed by atoms with Crippen LogP contribution in [0, 0.1) is 25.8 Å². The standard InChI is InChI=1S/C15H14N.C9H13.2FH.Zr/c1-11-7-12(2)16(10-11)15-8-13-5-3-4-6-14(13)9-15;1-6-5-7(2)9(4)8(6)3;;;/h3-10H,1-2H3;6H,1-4H3;2*1H;/q2*-1;;;+4/p-2. The molecule has 0 fully saturated rings. The normalized spacial score (nSPS) is 15.4. The van der Waals surface area contributed by atoms with Crippen LogP contribution in [0.15, 0.2) is 65.4 Å². The summed E-state index contributed by atoms with van der Waals surface area (Å²) in [6.07, 6.45) is 5.54. The van der Waals surface area contributed by atoms with E-state index in [0.29, 0.717) is 5.92 Å². The van der Waals surface area contributed by atoms with Crippen LogP contribution in [0.25, 0.3) is 16.5 Å². The number of aryl methyl sites for hydroxylation is 2. The predicted octanol–water partition coefficient (Wildman–Crippen LogP) is 7.53. The molecule has 1 aliphatic rings. The number of nitrogens with zero attached hydrogens (tertiary/aromatic N) is 1. The van der Waals surface area contributed by atoms with Crippen molar-refractivity contribution in [2.45, 2.75) is 41.5 Å². The van der Waals surface area contributed by atoms with Crippen molar-refractivity contribution in [1.82, 2.24) is 4.57 Å². The van der Waals surface area contributed by atoms with Crippen molar-refractivity contribution < 1.29 is 29.7 Å². The van der Waals surface area contributed by atoms with Gasteiger partial charge in [-0.1, -0.05) is 32.8 Å². The van der Waals surface area contributed by atoms with E-state index in [0.717, 1.165) is 0 Å². The van der Waals surface area contributed by atoms with E-state index in [-0.39, 0.29) is 0 Å². The second kappa shape index (κ2) is 10.2. The van der Waals surface area contributed by atoms with E-state index >= 15 is 0 Å². The average molecular weight is 459 g/mol. The molecule has 2 aromatic carbocycles. The van der Waals surface area contributed by atoms with Gasteiger partial charge < -0.3 is 4.57 Å². The molecule has 0 aliphatic heterocycles. The molecular formula is C24H27F2NZr. The fourth-order valence-corrected chi connectivity index (χ4v) is 3.45. The predicted molar refractivity (Wildman–Crippen MR) is 111 cm³/mol. The van der Waals surface area contributed by atoms with Crippen LogP contribution in [0.1, 0.15) is 39.0 Å². The fourth-order valence-electron chi connectivity index (χ4n) is 3.45. The van der Waals surface area contributed by atoms with Gasteiger partial charge in [-0.25, -0.2) is 5.57 Å². The summed E-state index contributed by atoms with van der Waals surface area (Å²) < 4.78 is 21.8. The molecule has 0 N–H and O–H groups in total. The summed E-state index contributed by atoms with van der Waals surface area (Å²) in [6, 6.07) is 15.2. The van der Waals surface area contributed by atoms with Gasteiger partial charge in [0.1, 0.15) is 0 Å². The van der Waals surface area contributed by atoms with Crippen LogP contribution in [0.4, 0.5) is 5.25 Å². The van der Waals surface area contributed by atoms with Gasteiger partial charge in [0.2, 0.25) is 0 Å². The van der Waals surface area contributed by atoms with Crippen LogP contribution in [0.3, 0.4) is 0 Å². The maximum absolute atomic E-state index is 9.80. The van der Waals surface area contributed by atoms with Crippen molar-refractivity contribution in [3.8, 4) is 5.69 Å². The summed E-state index contributed by atoms with van der Waals surface area (Å²) in [4.78, 5) is 0. The number of aromatic nitrogens is 1. The Labute approximate surface area is 180 Å². The van der Waals surface area contributed by atoms with E-state index in [1.54, 1.807) is 0 Å². The molecule has 1 nitrogen and oxygen atoms in total. The Morgan fingerprint density at radius 2 is 1.68 bits per heavy atom. The van der Waals surface area contributed by atoms with Gasteiger partial charge in [-0.2, -0.15) is 11.1 Å². The summed E-state index contributed by atoms with van der Waals surface area (Å²) in [5.41, 5.74) is 8.09. The Bertz CT molecular complexity index is 958. The van der Waals surface area contributed by atoms with Gasteiger partial charge in [0.15, 0.2) is 0 Å². The minimum atomic E-state index is -2.77. The van der Waals surface area contributed by atoms with Gasteiger partial charge in [0.05, 0.1) is 0 Å². The van der Waals surface area contributed by atoms with Gasteiger partial charge >= 0.3 is 29.7 Å². The van der Waals surface area contributed by atoms with Gasteiger partial charge in [-0.15, -0.1) is 48.0 Å². The first-order valence-electron chi connectivity index (χ1n) is 9.34. The number of hydrogen-bond acceptors (Lipinski definition) is 0. The van der Waals surface area contributed by atoms with Crippen molar-refractivity contribution in [1.29, 1.82) is 0 Å². The molecule has 1 aromatic heterocycles. The number of allylic oxidation sites excluding steroid dienone is 4. The zero-order chi connectivity index (χ0) is 20.8. The van der Waals surface area contributed by atoms with Gasteiger partial charge in [-0.05, 0) is 31.2 Å². The minimum absolute atomic E-state index is 0.560. The SMILES string of the molecule is CC1=[C-]C(C)C(C)=C1C.Cc1cc(C)n(-c2cc3ccccc3[cH-]2)c1.[F][Zr+2][F]. The van der Waals surface area contributed by atoms with E-state index in [9.17, 15) is 5.25 Å². The molecular weight excluding hydrogens is 431 g/mol. The molecule has 0 saturated carbocycles. The molecule has 0 bridgehead atoms. The van der Waals surface area contributed by atoms with Crippen LogP contribution >= 0.6 is 0 Å². The molecule has 1 heterocycles. The number of benzene rings is 1. The number of halogens is 2. The maximum atomic E-state index is 9.80.